The van der Waals surface area contributed by atoms with Crippen molar-refractivity contribution in [2.45, 2.75) is 46.1 Å². The number of carbonyl (C=O) groups excluding carboxylic acids is 2. The molecule has 3 amide bonds. The van der Waals surface area contributed by atoms with E-state index in [2.05, 4.69) is 36.5 Å². The number of rotatable bonds is 3. The van der Waals surface area contributed by atoms with Gasteiger partial charge < -0.3 is 10.2 Å². The number of hydrogen-bond donors (Lipinski definition) is 2. The molecule has 2 heterocycles. The Balaban J connectivity index is 1.91. The molecule has 1 saturated heterocycles. The van der Waals surface area contributed by atoms with Crippen LogP contribution in [0.25, 0.3) is 0 Å². The molecule has 1 unspecified atom stereocenters. The van der Waals surface area contributed by atoms with Crippen molar-refractivity contribution in [3.63, 3.8) is 0 Å². The highest BCUT2D eigenvalue weighted by atomic mass is 16.2. The summed E-state index contributed by atoms with van der Waals surface area (Å²) in [6.45, 7) is 7.01. The molecule has 7 nitrogen and oxygen atoms in total. The third-order valence-electron chi connectivity index (χ3n) is 3.85. The minimum absolute atomic E-state index is 0.0139. The Kier molecular flexibility index (Phi) is 4.97. The van der Waals surface area contributed by atoms with E-state index in [9.17, 15) is 9.59 Å². The third-order valence-corrected chi connectivity index (χ3v) is 3.85. The van der Waals surface area contributed by atoms with E-state index < -0.39 is 0 Å². The summed E-state index contributed by atoms with van der Waals surface area (Å²) in [6.07, 6.45) is 2.00. The first-order valence-corrected chi connectivity index (χ1v) is 7.98. The van der Waals surface area contributed by atoms with E-state index in [0.29, 0.717) is 25.2 Å². The van der Waals surface area contributed by atoms with E-state index >= 15 is 0 Å². The number of likely N-dealkylation sites (tertiary alicyclic amines) is 1. The molecule has 2 N–H and O–H groups in total. The Morgan fingerprint density at radius 3 is 2.70 bits per heavy atom. The Bertz CT molecular complexity index is 588. The van der Waals surface area contributed by atoms with Gasteiger partial charge in [-0.2, -0.15) is 5.10 Å². The largest absolute Gasteiger partial charge is 0.344 e. The number of amides is 3. The lowest BCUT2D eigenvalue weighted by Gasteiger charge is -2.30. The van der Waals surface area contributed by atoms with Crippen LogP contribution in [0.4, 0.5) is 10.6 Å². The Morgan fingerprint density at radius 2 is 2.09 bits per heavy atom. The lowest BCUT2D eigenvalue weighted by Crippen LogP contribution is -2.49. The number of nitrogens with zero attached hydrogens (tertiary/aromatic N) is 3. The summed E-state index contributed by atoms with van der Waals surface area (Å²) in [7, 11) is 3.57. The zero-order valence-corrected chi connectivity index (χ0v) is 14.6. The van der Waals surface area contributed by atoms with Gasteiger partial charge in [0.2, 0.25) is 5.91 Å². The molecule has 23 heavy (non-hydrogen) atoms. The second-order valence-corrected chi connectivity index (χ2v) is 7.49. The summed E-state index contributed by atoms with van der Waals surface area (Å²) < 4.78 is 1.68. The molecule has 7 heteroatoms. The highest BCUT2D eigenvalue weighted by molar-refractivity contribution is 5.88. The predicted molar refractivity (Wildman–Crippen MR) is 89.2 cm³/mol. The van der Waals surface area contributed by atoms with Gasteiger partial charge in [-0.1, -0.05) is 20.8 Å². The summed E-state index contributed by atoms with van der Waals surface area (Å²) in [4.78, 5) is 25.3. The number of piperidine rings is 1. The van der Waals surface area contributed by atoms with Crippen molar-refractivity contribution < 1.29 is 9.59 Å². The molecule has 0 radical (unpaired) electrons. The number of hydrogen-bond acceptors (Lipinski definition) is 3. The van der Waals surface area contributed by atoms with Gasteiger partial charge in [-0.05, 0) is 18.3 Å². The number of aromatic nitrogens is 2. The van der Waals surface area contributed by atoms with Crippen LogP contribution >= 0.6 is 0 Å². The Labute approximate surface area is 137 Å². The van der Waals surface area contributed by atoms with Crippen LogP contribution in [0.15, 0.2) is 6.07 Å². The van der Waals surface area contributed by atoms with Gasteiger partial charge in [-0.3, -0.25) is 14.8 Å². The van der Waals surface area contributed by atoms with E-state index in [1.165, 1.54) is 0 Å². The van der Waals surface area contributed by atoms with E-state index in [4.69, 9.17) is 0 Å². The van der Waals surface area contributed by atoms with Crippen molar-refractivity contribution in [3.8, 4) is 0 Å². The van der Waals surface area contributed by atoms with Crippen LogP contribution < -0.4 is 10.6 Å². The summed E-state index contributed by atoms with van der Waals surface area (Å²) in [5, 5.41) is 10.2. The van der Waals surface area contributed by atoms with Gasteiger partial charge in [0.25, 0.3) is 0 Å². The summed E-state index contributed by atoms with van der Waals surface area (Å²) in [6, 6.07) is 1.63. The quantitative estimate of drug-likeness (QED) is 0.890. The highest BCUT2D eigenvalue weighted by Gasteiger charge is 2.24. The van der Waals surface area contributed by atoms with Crippen molar-refractivity contribution >= 4 is 17.8 Å². The average molecular weight is 321 g/mol. The molecule has 0 aliphatic carbocycles. The molecule has 1 aromatic rings. The molecule has 1 aromatic heterocycles. The van der Waals surface area contributed by atoms with Crippen molar-refractivity contribution in [3.05, 3.63) is 11.8 Å². The van der Waals surface area contributed by atoms with Crippen LogP contribution in [-0.2, 0) is 18.3 Å². The first kappa shape index (κ1) is 17.3. The average Bonchev–Trinajstić information content (AvgIpc) is 2.71. The Hall–Kier alpha value is -2.05. The standard InChI is InChI=1S/C16H27N5O2/c1-16(2,3)9-12-8-13(21(5)19-12)18-15(23)17-11-6-7-14(22)20(4)10-11/h8,11H,6-7,9-10H2,1-5H3,(H2,17,18,23). The molecule has 128 valence electrons. The third kappa shape index (κ3) is 4.97. The molecular weight excluding hydrogens is 294 g/mol. The zero-order valence-electron chi connectivity index (χ0n) is 14.6. The molecular formula is C16H27N5O2. The van der Waals surface area contributed by atoms with Crippen LogP contribution in [-0.4, -0.2) is 46.3 Å². The van der Waals surface area contributed by atoms with Gasteiger partial charge in [0.15, 0.2) is 0 Å². The topological polar surface area (TPSA) is 79.3 Å². The molecule has 0 bridgehead atoms. The normalized spacial score (nSPS) is 18.9. The molecule has 0 aromatic carbocycles. The molecule has 1 aliphatic rings. The number of anilines is 1. The van der Waals surface area contributed by atoms with Gasteiger partial charge in [0.05, 0.1) is 5.69 Å². The van der Waals surface area contributed by atoms with E-state index in [1.807, 2.05) is 13.1 Å². The molecule has 1 atom stereocenters. The fourth-order valence-corrected chi connectivity index (χ4v) is 2.74. The molecule has 0 spiro atoms. The minimum Gasteiger partial charge on any atom is -0.344 e. The van der Waals surface area contributed by atoms with E-state index in [-0.39, 0.29) is 23.4 Å². The number of aryl methyl sites for hydroxylation is 1. The number of likely N-dealkylation sites (N-methyl/N-ethyl adjacent to an activating group) is 1. The molecule has 0 saturated carbocycles. The van der Waals surface area contributed by atoms with E-state index in [0.717, 1.165) is 12.1 Å². The van der Waals surface area contributed by atoms with Crippen molar-refractivity contribution in [2.75, 3.05) is 18.9 Å². The molecule has 2 rings (SSSR count). The second kappa shape index (κ2) is 6.60. The van der Waals surface area contributed by atoms with E-state index in [1.54, 1.807) is 16.6 Å². The van der Waals surface area contributed by atoms with Crippen molar-refractivity contribution in [1.29, 1.82) is 0 Å². The number of nitrogens with one attached hydrogen (secondary N) is 2. The predicted octanol–water partition coefficient (Wildman–Crippen LogP) is 1.75. The Morgan fingerprint density at radius 1 is 1.39 bits per heavy atom. The first-order valence-electron chi connectivity index (χ1n) is 7.98. The fraction of sp³-hybridized carbons (Fsp3) is 0.688. The van der Waals surface area contributed by atoms with Gasteiger partial charge in [0.1, 0.15) is 5.82 Å². The second-order valence-electron chi connectivity index (χ2n) is 7.49. The van der Waals surface area contributed by atoms with Crippen molar-refractivity contribution in [1.82, 2.24) is 20.0 Å². The van der Waals surface area contributed by atoms with Crippen LogP contribution in [0.2, 0.25) is 0 Å². The van der Waals surface area contributed by atoms with Crippen LogP contribution in [0.1, 0.15) is 39.3 Å². The van der Waals surface area contributed by atoms with Gasteiger partial charge >= 0.3 is 6.03 Å². The van der Waals surface area contributed by atoms with Crippen LogP contribution in [0.5, 0.6) is 0 Å². The van der Waals surface area contributed by atoms with Crippen LogP contribution in [0.3, 0.4) is 0 Å². The maximum atomic E-state index is 12.1. The van der Waals surface area contributed by atoms with Gasteiger partial charge in [-0.15, -0.1) is 0 Å². The smallest absolute Gasteiger partial charge is 0.320 e. The lowest BCUT2D eigenvalue weighted by atomic mass is 9.91. The van der Waals surface area contributed by atoms with Crippen LogP contribution in [0, 0.1) is 5.41 Å². The summed E-state index contributed by atoms with van der Waals surface area (Å²) >= 11 is 0. The lowest BCUT2D eigenvalue weighted by molar-refractivity contribution is -0.132. The summed E-state index contributed by atoms with van der Waals surface area (Å²) in [5.41, 5.74) is 1.10. The zero-order chi connectivity index (χ0) is 17.2. The maximum Gasteiger partial charge on any atom is 0.320 e. The number of carbonyl (C=O) groups is 2. The first-order chi connectivity index (χ1) is 10.6. The molecule has 1 aliphatic heterocycles. The number of urea groups is 1. The molecule has 1 fully saturated rings. The SMILES string of the molecule is CN1CC(NC(=O)Nc2cc(CC(C)(C)C)nn2C)CCC1=O. The summed E-state index contributed by atoms with van der Waals surface area (Å²) in [5.74, 6) is 0.795. The fourth-order valence-electron chi connectivity index (χ4n) is 2.74. The van der Waals surface area contributed by atoms with Crippen molar-refractivity contribution in [2.24, 2.45) is 12.5 Å². The highest BCUT2D eigenvalue weighted by Crippen LogP contribution is 2.21. The van der Waals surface area contributed by atoms with Gasteiger partial charge in [0, 0.05) is 39.2 Å². The maximum absolute atomic E-state index is 12.1. The van der Waals surface area contributed by atoms with Gasteiger partial charge in [-0.25, -0.2) is 4.79 Å². The minimum atomic E-state index is -0.261. The monoisotopic (exact) mass is 321 g/mol.